The van der Waals surface area contributed by atoms with Gasteiger partial charge >= 0.3 is 0 Å². The van der Waals surface area contributed by atoms with E-state index in [-0.39, 0.29) is 35.2 Å². The Bertz CT molecular complexity index is 747. The second-order valence-electron chi connectivity index (χ2n) is 7.26. The van der Waals surface area contributed by atoms with Crippen LogP contribution in [0.2, 0.25) is 0 Å². The van der Waals surface area contributed by atoms with Gasteiger partial charge in [0.15, 0.2) is 15.0 Å². The summed E-state index contributed by atoms with van der Waals surface area (Å²) in [6.07, 6.45) is 5.76. The summed E-state index contributed by atoms with van der Waals surface area (Å²) in [4.78, 5) is 14.7. The van der Waals surface area contributed by atoms with Crippen molar-refractivity contribution >= 4 is 27.5 Å². The van der Waals surface area contributed by atoms with Gasteiger partial charge in [-0.05, 0) is 32.6 Å². The average Bonchev–Trinajstić information content (AvgIpc) is 3.06. The first-order valence-corrected chi connectivity index (χ1v) is 12.3. The quantitative estimate of drug-likeness (QED) is 0.678. The number of nitrogens with zero attached hydrogens (tertiary/aromatic N) is 4. The van der Waals surface area contributed by atoms with Gasteiger partial charge in [-0.25, -0.2) is 8.42 Å². The van der Waals surface area contributed by atoms with E-state index in [2.05, 4.69) is 14.8 Å². The molecule has 26 heavy (non-hydrogen) atoms. The van der Waals surface area contributed by atoms with Crippen molar-refractivity contribution in [3.8, 4) is 0 Å². The molecule has 0 aliphatic carbocycles. The fourth-order valence-corrected chi connectivity index (χ4v) is 6.33. The summed E-state index contributed by atoms with van der Waals surface area (Å²) in [6.45, 7) is 4.94. The van der Waals surface area contributed by atoms with Gasteiger partial charge in [-0.15, -0.1) is 10.2 Å². The Morgan fingerprint density at radius 2 is 2.15 bits per heavy atom. The van der Waals surface area contributed by atoms with Gasteiger partial charge in [0.05, 0.1) is 17.3 Å². The van der Waals surface area contributed by atoms with Gasteiger partial charge in [0.25, 0.3) is 0 Å². The molecule has 2 aliphatic heterocycles. The van der Waals surface area contributed by atoms with Crippen LogP contribution in [-0.2, 0) is 27.6 Å². The third-order valence-electron chi connectivity index (χ3n) is 5.36. The number of hydrogen-bond acceptors (Lipinski definition) is 6. The Morgan fingerprint density at radius 3 is 2.85 bits per heavy atom. The minimum absolute atomic E-state index is 0.00239. The van der Waals surface area contributed by atoms with E-state index in [4.69, 9.17) is 0 Å². The molecule has 0 radical (unpaired) electrons. The highest BCUT2D eigenvalue weighted by molar-refractivity contribution is 7.99. The number of fused-ring (bicyclic) bond motifs is 1. The van der Waals surface area contributed by atoms with Gasteiger partial charge in [0.1, 0.15) is 5.82 Å². The summed E-state index contributed by atoms with van der Waals surface area (Å²) in [5.41, 5.74) is 0. The number of aryl methyl sites for hydroxylation is 1. The molecule has 1 aromatic rings. The Hall–Kier alpha value is -1.09. The maximum Gasteiger partial charge on any atom is 0.233 e. The third-order valence-corrected chi connectivity index (χ3v) is 8.06. The van der Waals surface area contributed by atoms with E-state index in [1.807, 2.05) is 13.8 Å². The maximum atomic E-state index is 12.9. The first kappa shape index (κ1) is 19.7. The molecular formula is C17H28N4O3S2. The molecule has 7 nitrogen and oxygen atoms in total. The van der Waals surface area contributed by atoms with Crippen molar-refractivity contribution in [3.05, 3.63) is 5.82 Å². The minimum Gasteiger partial charge on any atom is -0.335 e. The normalized spacial score (nSPS) is 23.2. The molecule has 0 aromatic carbocycles. The molecule has 0 bridgehead atoms. The molecule has 0 unspecified atom stereocenters. The fraction of sp³-hybridized carbons (Fsp3) is 0.824. The van der Waals surface area contributed by atoms with Crippen molar-refractivity contribution in [2.24, 2.45) is 0 Å². The average molecular weight is 401 g/mol. The lowest BCUT2D eigenvalue weighted by Crippen LogP contribution is -2.47. The molecule has 3 rings (SSSR count). The van der Waals surface area contributed by atoms with Crippen molar-refractivity contribution in [1.82, 2.24) is 19.7 Å². The molecule has 0 N–H and O–H groups in total. The lowest BCUT2D eigenvalue weighted by molar-refractivity contribution is -0.132. The van der Waals surface area contributed by atoms with Crippen LogP contribution >= 0.6 is 11.8 Å². The number of aromatic nitrogens is 3. The summed E-state index contributed by atoms with van der Waals surface area (Å²) in [6, 6.07) is -0.157. The second-order valence-corrected chi connectivity index (χ2v) is 10.4. The zero-order chi connectivity index (χ0) is 18.7. The van der Waals surface area contributed by atoms with E-state index in [0.717, 1.165) is 43.2 Å². The molecule has 1 fully saturated rings. The Balaban J connectivity index is 1.68. The van der Waals surface area contributed by atoms with Crippen LogP contribution in [0.5, 0.6) is 0 Å². The van der Waals surface area contributed by atoms with Gasteiger partial charge < -0.3 is 9.47 Å². The zero-order valence-corrected chi connectivity index (χ0v) is 17.2. The Labute approximate surface area is 159 Å². The van der Waals surface area contributed by atoms with Crippen LogP contribution in [0.3, 0.4) is 0 Å². The summed E-state index contributed by atoms with van der Waals surface area (Å²) in [7, 11) is -3.02. The maximum absolute atomic E-state index is 12.9. The summed E-state index contributed by atoms with van der Waals surface area (Å²) < 4.78 is 25.8. The largest absolute Gasteiger partial charge is 0.335 e. The number of sulfone groups is 1. The number of carbonyl (C=O) groups is 1. The number of carbonyl (C=O) groups excluding carboxylic acids is 1. The van der Waals surface area contributed by atoms with Gasteiger partial charge in [-0.3, -0.25) is 4.79 Å². The third kappa shape index (κ3) is 4.42. The molecule has 0 saturated carbocycles. The molecule has 146 valence electrons. The predicted octanol–water partition coefficient (Wildman–Crippen LogP) is 1.91. The van der Waals surface area contributed by atoms with Crippen LogP contribution in [0.25, 0.3) is 0 Å². The SMILES string of the molecule is CC[C@H](C)N(C(=O)CSc1nnc2n1CCCCC2)[C@H]1CCS(=O)(=O)C1. The molecule has 0 spiro atoms. The summed E-state index contributed by atoms with van der Waals surface area (Å²) in [5, 5.41) is 9.34. The lowest BCUT2D eigenvalue weighted by atomic mass is 10.1. The molecule has 1 aromatic heterocycles. The smallest absolute Gasteiger partial charge is 0.233 e. The van der Waals surface area contributed by atoms with Crippen LogP contribution in [0.1, 0.15) is 51.8 Å². The first-order valence-electron chi connectivity index (χ1n) is 9.47. The van der Waals surface area contributed by atoms with E-state index in [1.165, 1.54) is 18.2 Å². The van der Waals surface area contributed by atoms with E-state index in [0.29, 0.717) is 6.42 Å². The van der Waals surface area contributed by atoms with Crippen LogP contribution in [0.15, 0.2) is 5.16 Å². The van der Waals surface area contributed by atoms with Crippen LogP contribution < -0.4 is 0 Å². The monoisotopic (exact) mass is 400 g/mol. The number of thioether (sulfide) groups is 1. The lowest BCUT2D eigenvalue weighted by Gasteiger charge is -2.33. The van der Waals surface area contributed by atoms with E-state index >= 15 is 0 Å². The van der Waals surface area contributed by atoms with Crippen LogP contribution in [0, 0.1) is 0 Å². The molecule has 1 saturated heterocycles. The number of amides is 1. The molecule has 3 heterocycles. The Morgan fingerprint density at radius 1 is 1.35 bits per heavy atom. The molecule has 2 atom stereocenters. The summed E-state index contributed by atoms with van der Waals surface area (Å²) in [5.74, 6) is 1.56. The van der Waals surface area contributed by atoms with Crippen molar-refractivity contribution in [3.63, 3.8) is 0 Å². The van der Waals surface area contributed by atoms with Crippen molar-refractivity contribution in [1.29, 1.82) is 0 Å². The highest BCUT2D eigenvalue weighted by atomic mass is 32.2. The van der Waals surface area contributed by atoms with Gasteiger partial charge in [-0.1, -0.05) is 25.1 Å². The van der Waals surface area contributed by atoms with E-state index in [9.17, 15) is 13.2 Å². The zero-order valence-electron chi connectivity index (χ0n) is 15.6. The van der Waals surface area contributed by atoms with Crippen LogP contribution in [0.4, 0.5) is 0 Å². The van der Waals surface area contributed by atoms with E-state index < -0.39 is 9.84 Å². The molecule has 2 aliphatic rings. The van der Waals surface area contributed by atoms with Gasteiger partial charge in [0, 0.05) is 25.0 Å². The molecule has 1 amide bonds. The van der Waals surface area contributed by atoms with Gasteiger partial charge in [-0.2, -0.15) is 0 Å². The summed E-state index contributed by atoms with van der Waals surface area (Å²) >= 11 is 1.42. The predicted molar refractivity (Wildman–Crippen MR) is 102 cm³/mol. The van der Waals surface area contributed by atoms with Gasteiger partial charge in [0.2, 0.25) is 5.91 Å². The Kier molecular flexibility index (Phi) is 6.27. The molecular weight excluding hydrogens is 372 g/mol. The first-order chi connectivity index (χ1) is 12.4. The highest BCUT2D eigenvalue weighted by Gasteiger charge is 2.36. The number of rotatable bonds is 6. The van der Waals surface area contributed by atoms with Crippen molar-refractivity contribution in [2.45, 2.75) is 76.2 Å². The second kappa shape index (κ2) is 8.29. The number of hydrogen-bond donors (Lipinski definition) is 0. The molecule has 9 heteroatoms. The van der Waals surface area contributed by atoms with E-state index in [1.54, 1.807) is 4.90 Å². The minimum atomic E-state index is -3.02. The van der Waals surface area contributed by atoms with Crippen LogP contribution in [-0.4, -0.2) is 63.3 Å². The highest BCUT2D eigenvalue weighted by Crippen LogP contribution is 2.25. The fourth-order valence-electron chi connectivity index (χ4n) is 3.77. The van der Waals surface area contributed by atoms with Crippen molar-refractivity contribution < 1.29 is 13.2 Å². The topological polar surface area (TPSA) is 85.2 Å². The standard InChI is InChI=1S/C17H28N4O3S2/c1-3-13(2)21(14-8-10-26(23,24)12-14)16(22)11-25-17-19-18-15-7-5-4-6-9-20(15)17/h13-14H,3-12H2,1-2H3/t13-,14-/m0/s1. The van der Waals surface area contributed by atoms with Crippen molar-refractivity contribution in [2.75, 3.05) is 17.3 Å².